The molecule has 0 aliphatic carbocycles. The van der Waals surface area contributed by atoms with E-state index in [0.717, 1.165) is 18.7 Å². The molecule has 0 aromatic carbocycles. The third-order valence-corrected chi connectivity index (χ3v) is 1.23. The van der Waals surface area contributed by atoms with Gasteiger partial charge in [0.15, 0.2) is 0 Å². The van der Waals surface area contributed by atoms with Crippen molar-refractivity contribution >= 4 is 0 Å². The first-order chi connectivity index (χ1) is 4.66. The Balaban J connectivity index is 3.11. The summed E-state index contributed by atoms with van der Waals surface area (Å²) in [6.07, 6.45) is 0. The van der Waals surface area contributed by atoms with Crippen LogP contribution < -0.4 is 5.32 Å². The number of aliphatic hydroxyl groups is 1. The van der Waals surface area contributed by atoms with Crippen LogP contribution in [0.4, 0.5) is 0 Å². The molecule has 60 valence electrons. The van der Waals surface area contributed by atoms with Gasteiger partial charge >= 0.3 is 0 Å². The van der Waals surface area contributed by atoms with Crippen LogP contribution in [0.25, 0.3) is 0 Å². The minimum atomic E-state index is 0.253. The number of rotatable bonds is 5. The number of aliphatic hydroxyl groups excluding tert-OH is 1. The predicted molar refractivity (Wildman–Crippen MR) is 43.9 cm³/mol. The maximum Gasteiger partial charge on any atom is 0.0468 e. The molecule has 0 heterocycles. The average molecular weight is 143 g/mol. The SMILES string of the molecule is C=C(C)CNCC(C)CO. The number of nitrogens with one attached hydrogen (secondary N) is 1. The first kappa shape index (κ1) is 9.66. The van der Waals surface area contributed by atoms with E-state index >= 15 is 0 Å². The first-order valence-corrected chi connectivity index (χ1v) is 3.62. The molecule has 0 aliphatic rings. The first-order valence-electron chi connectivity index (χ1n) is 3.62. The Hall–Kier alpha value is -0.340. The summed E-state index contributed by atoms with van der Waals surface area (Å²) in [7, 11) is 0. The molecule has 0 fully saturated rings. The van der Waals surface area contributed by atoms with E-state index in [-0.39, 0.29) is 6.61 Å². The fourth-order valence-corrected chi connectivity index (χ4v) is 0.597. The lowest BCUT2D eigenvalue weighted by Gasteiger charge is -2.08. The van der Waals surface area contributed by atoms with E-state index in [0.29, 0.717) is 5.92 Å². The van der Waals surface area contributed by atoms with E-state index in [4.69, 9.17) is 5.11 Å². The van der Waals surface area contributed by atoms with Crippen molar-refractivity contribution in [1.29, 1.82) is 0 Å². The second kappa shape index (κ2) is 5.45. The van der Waals surface area contributed by atoms with Gasteiger partial charge in [0.05, 0.1) is 0 Å². The highest BCUT2D eigenvalue weighted by molar-refractivity contribution is 4.90. The molecule has 0 radical (unpaired) electrons. The molecule has 1 atom stereocenters. The minimum Gasteiger partial charge on any atom is -0.396 e. The summed E-state index contributed by atoms with van der Waals surface area (Å²) < 4.78 is 0. The van der Waals surface area contributed by atoms with Gasteiger partial charge in [-0.3, -0.25) is 0 Å². The van der Waals surface area contributed by atoms with Gasteiger partial charge in [-0.05, 0) is 12.8 Å². The van der Waals surface area contributed by atoms with Crippen molar-refractivity contribution in [2.45, 2.75) is 13.8 Å². The Morgan fingerprint density at radius 3 is 2.70 bits per heavy atom. The highest BCUT2D eigenvalue weighted by Gasteiger charge is 1.96. The van der Waals surface area contributed by atoms with Crippen molar-refractivity contribution in [1.82, 2.24) is 5.32 Å². The lowest BCUT2D eigenvalue weighted by molar-refractivity contribution is 0.235. The van der Waals surface area contributed by atoms with E-state index < -0.39 is 0 Å². The summed E-state index contributed by atoms with van der Waals surface area (Å²) in [6.45, 7) is 9.71. The zero-order chi connectivity index (χ0) is 7.98. The number of hydrogen-bond donors (Lipinski definition) is 2. The van der Waals surface area contributed by atoms with Crippen LogP contribution in [0.1, 0.15) is 13.8 Å². The van der Waals surface area contributed by atoms with E-state index in [1.54, 1.807) is 0 Å². The Kier molecular flexibility index (Phi) is 5.26. The predicted octanol–water partition coefficient (Wildman–Crippen LogP) is 0.780. The highest BCUT2D eigenvalue weighted by Crippen LogP contribution is 1.89. The molecule has 2 nitrogen and oxygen atoms in total. The zero-order valence-electron chi connectivity index (χ0n) is 6.85. The van der Waals surface area contributed by atoms with Gasteiger partial charge in [0, 0.05) is 19.7 Å². The molecule has 0 aliphatic heterocycles. The van der Waals surface area contributed by atoms with Gasteiger partial charge in [0.25, 0.3) is 0 Å². The van der Waals surface area contributed by atoms with Gasteiger partial charge in [-0.1, -0.05) is 19.1 Å². The average Bonchev–Trinajstić information content (AvgIpc) is 1.87. The molecular weight excluding hydrogens is 126 g/mol. The van der Waals surface area contributed by atoms with E-state index in [1.165, 1.54) is 0 Å². The fraction of sp³-hybridized carbons (Fsp3) is 0.750. The minimum absolute atomic E-state index is 0.253. The van der Waals surface area contributed by atoms with Gasteiger partial charge in [-0.2, -0.15) is 0 Å². The van der Waals surface area contributed by atoms with Gasteiger partial charge in [-0.25, -0.2) is 0 Å². The van der Waals surface area contributed by atoms with Crippen molar-refractivity contribution in [3.63, 3.8) is 0 Å². The maximum atomic E-state index is 8.64. The number of hydrogen-bond acceptors (Lipinski definition) is 2. The largest absolute Gasteiger partial charge is 0.396 e. The standard InChI is InChI=1S/C8H17NO/c1-7(2)4-9-5-8(3)6-10/h8-10H,1,4-6H2,2-3H3. The van der Waals surface area contributed by atoms with Crippen molar-refractivity contribution < 1.29 is 5.11 Å². The molecule has 10 heavy (non-hydrogen) atoms. The summed E-state index contributed by atoms with van der Waals surface area (Å²) in [4.78, 5) is 0. The van der Waals surface area contributed by atoms with Crippen LogP contribution in [0, 0.1) is 5.92 Å². The van der Waals surface area contributed by atoms with Gasteiger partial charge in [-0.15, -0.1) is 0 Å². The third kappa shape index (κ3) is 5.79. The molecule has 0 saturated heterocycles. The van der Waals surface area contributed by atoms with Crippen molar-refractivity contribution in [2.24, 2.45) is 5.92 Å². The Bertz CT molecular complexity index is 101. The van der Waals surface area contributed by atoms with Crippen molar-refractivity contribution in [3.8, 4) is 0 Å². The second-order valence-electron chi connectivity index (χ2n) is 2.88. The zero-order valence-corrected chi connectivity index (χ0v) is 6.85. The molecule has 0 saturated carbocycles. The molecule has 0 aromatic rings. The van der Waals surface area contributed by atoms with Crippen LogP contribution in [0.3, 0.4) is 0 Å². The van der Waals surface area contributed by atoms with Crippen LogP contribution in [-0.2, 0) is 0 Å². The summed E-state index contributed by atoms with van der Waals surface area (Å²) >= 11 is 0. The van der Waals surface area contributed by atoms with Crippen LogP contribution >= 0.6 is 0 Å². The van der Waals surface area contributed by atoms with E-state index in [1.807, 2.05) is 13.8 Å². The van der Waals surface area contributed by atoms with E-state index in [2.05, 4.69) is 11.9 Å². The molecule has 2 heteroatoms. The molecule has 0 bridgehead atoms. The Morgan fingerprint density at radius 1 is 1.70 bits per heavy atom. The molecule has 2 N–H and O–H groups in total. The van der Waals surface area contributed by atoms with Crippen LogP contribution in [0.2, 0.25) is 0 Å². The Morgan fingerprint density at radius 2 is 2.30 bits per heavy atom. The summed E-state index contributed by atoms with van der Waals surface area (Å²) in [5.74, 6) is 0.347. The molecule has 0 aromatic heterocycles. The van der Waals surface area contributed by atoms with Crippen LogP contribution in [-0.4, -0.2) is 24.8 Å². The second-order valence-corrected chi connectivity index (χ2v) is 2.88. The lowest BCUT2D eigenvalue weighted by Crippen LogP contribution is -2.24. The molecule has 0 amide bonds. The normalized spacial score (nSPS) is 13.1. The molecular formula is C8H17NO. The van der Waals surface area contributed by atoms with Gasteiger partial charge in [0.1, 0.15) is 0 Å². The molecule has 0 spiro atoms. The lowest BCUT2D eigenvalue weighted by atomic mass is 10.2. The topological polar surface area (TPSA) is 32.3 Å². The van der Waals surface area contributed by atoms with Gasteiger partial charge in [0.2, 0.25) is 0 Å². The molecule has 1 unspecified atom stereocenters. The monoisotopic (exact) mass is 143 g/mol. The van der Waals surface area contributed by atoms with Crippen LogP contribution in [0.15, 0.2) is 12.2 Å². The highest BCUT2D eigenvalue weighted by atomic mass is 16.3. The van der Waals surface area contributed by atoms with E-state index in [9.17, 15) is 0 Å². The Labute approximate surface area is 62.9 Å². The summed E-state index contributed by atoms with van der Waals surface area (Å²) in [5, 5.41) is 11.8. The summed E-state index contributed by atoms with van der Waals surface area (Å²) in [5.41, 5.74) is 1.13. The van der Waals surface area contributed by atoms with Crippen LogP contribution in [0.5, 0.6) is 0 Å². The third-order valence-electron chi connectivity index (χ3n) is 1.23. The smallest absolute Gasteiger partial charge is 0.0468 e. The van der Waals surface area contributed by atoms with Gasteiger partial charge < -0.3 is 10.4 Å². The van der Waals surface area contributed by atoms with Crippen molar-refractivity contribution in [3.05, 3.63) is 12.2 Å². The maximum absolute atomic E-state index is 8.64. The molecule has 0 rings (SSSR count). The quantitative estimate of drug-likeness (QED) is 0.557. The van der Waals surface area contributed by atoms with Crippen molar-refractivity contribution in [2.75, 3.05) is 19.7 Å². The summed E-state index contributed by atoms with van der Waals surface area (Å²) in [6, 6.07) is 0. The fourth-order valence-electron chi connectivity index (χ4n) is 0.597.